The van der Waals surface area contributed by atoms with Gasteiger partial charge in [0.1, 0.15) is 0 Å². The third-order valence-electron chi connectivity index (χ3n) is 5.43. The highest BCUT2D eigenvalue weighted by atomic mass is 32.2. The molecule has 1 heterocycles. The van der Waals surface area contributed by atoms with E-state index in [1.54, 1.807) is 16.6 Å². The molecule has 8 heteroatoms. The maximum Gasteiger partial charge on any atom is 0.343 e. The van der Waals surface area contributed by atoms with Crippen LogP contribution in [0.4, 0.5) is 0 Å². The van der Waals surface area contributed by atoms with E-state index in [-0.39, 0.29) is 13.2 Å². The lowest BCUT2D eigenvalue weighted by atomic mass is 10.1. The van der Waals surface area contributed by atoms with Crippen LogP contribution in [0.3, 0.4) is 0 Å². The summed E-state index contributed by atoms with van der Waals surface area (Å²) in [4.78, 5) is 11.4. The van der Waals surface area contributed by atoms with Crippen molar-refractivity contribution in [3.05, 3.63) is 102 Å². The van der Waals surface area contributed by atoms with Crippen molar-refractivity contribution < 1.29 is 27.1 Å². The lowest BCUT2D eigenvalue weighted by molar-refractivity contribution is -0.142. The number of methoxy groups -OCH3 is 1. The minimum atomic E-state index is -1.64. The fraction of sp³-hybridized carbons (Fsp3) is 0.222. The Morgan fingerprint density at radius 3 is 2.37 bits per heavy atom. The highest BCUT2D eigenvalue weighted by Crippen LogP contribution is 2.30. The number of hydrogen-bond donors (Lipinski definition) is 0. The largest absolute Gasteiger partial charge is 0.478 e. The van der Waals surface area contributed by atoms with Gasteiger partial charge in [-0.25, -0.2) is 9.00 Å². The molecule has 3 aromatic carbocycles. The third-order valence-corrected chi connectivity index (χ3v) is 6.48. The number of benzene rings is 3. The molecule has 1 aromatic heterocycles. The van der Waals surface area contributed by atoms with Crippen LogP contribution in [-0.4, -0.2) is 34.7 Å². The Morgan fingerprint density at radius 1 is 0.943 bits per heavy atom. The van der Waals surface area contributed by atoms with Crippen LogP contribution in [0.25, 0.3) is 11.0 Å². The van der Waals surface area contributed by atoms with Crippen molar-refractivity contribution in [2.24, 2.45) is 0 Å². The lowest BCUT2D eigenvalue weighted by Crippen LogP contribution is -2.29. The Hall–Kier alpha value is -3.46. The number of carbonyl (C=O) groups excluding carboxylic acids is 1. The van der Waals surface area contributed by atoms with Gasteiger partial charge in [0.2, 0.25) is 11.3 Å². The molecule has 0 fully saturated rings. The molecule has 35 heavy (non-hydrogen) atoms. The molecule has 0 spiro atoms. The molecule has 4 aromatic rings. The van der Waals surface area contributed by atoms with Crippen molar-refractivity contribution in [3.63, 3.8) is 0 Å². The van der Waals surface area contributed by atoms with Crippen LogP contribution >= 0.6 is 0 Å². The van der Waals surface area contributed by atoms with Crippen molar-refractivity contribution >= 4 is 28.2 Å². The molecule has 1 unspecified atom stereocenters. The van der Waals surface area contributed by atoms with Crippen LogP contribution in [-0.2, 0) is 44.6 Å². The van der Waals surface area contributed by atoms with Crippen molar-refractivity contribution in [3.8, 4) is 5.75 Å². The summed E-state index contributed by atoms with van der Waals surface area (Å²) in [7, 11) is 1.31. The number of hydrogen-bond acceptors (Lipinski definition) is 6. The Bertz CT molecular complexity index is 1260. The van der Waals surface area contributed by atoms with Crippen molar-refractivity contribution in [1.82, 2.24) is 4.31 Å². The first-order valence-corrected chi connectivity index (χ1v) is 12.2. The number of fused-ring (bicyclic) bond motifs is 1. The molecule has 0 radical (unpaired) electrons. The Balaban J connectivity index is 1.46. The van der Waals surface area contributed by atoms with Crippen LogP contribution in [0, 0.1) is 0 Å². The number of carbonyl (C=O) groups is 1. The van der Waals surface area contributed by atoms with Gasteiger partial charge < -0.3 is 13.9 Å². The first-order chi connectivity index (χ1) is 17.1. The fourth-order valence-corrected chi connectivity index (χ4v) is 4.47. The maximum atomic E-state index is 13.1. The van der Waals surface area contributed by atoms with Gasteiger partial charge in [-0.3, -0.25) is 4.18 Å². The lowest BCUT2D eigenvalue weighted by Gasteiger charge is -2.20. The van der Waals surface area contributed by atoms with Crippen molar-refractivity contribution in [2.45, 2.75) is 19.6 Å². The maximum absolute atomic E-state index is 13.1. The molecule has 0 bridgehead atoms. The smallest absolute Gasteiger partial charge is 0.343 e. The molecule has 0 aliphatic rings. The van der Waals surface area contributed by atoms with E-state index in [2.05, 4.69) is 4.74 Å². The van der Waals surface area contributed by atoms with E-state index in [1.165, 1.54) is 7.11 Å². The molecule has 0 aliphatic heterocycles. The van der Waals surface area contributed by atoms with Gasteiger partial charge in [-0.1, -0.05) is 72.8 Å². The van der Waals surface area contributed by atoms with Crippen molar-refractivity contribution in [2.75, 3.05) is 20.3 Å². The number of para-hydroxylation sites is 1. The van der Waals surface area contributed by atoms with Crippen molar-refractivity contribution in [1.29, 1.82) is 0 Å². The second kappa shape index (κ2) is 12.3. The summed E-state index contributed by atoms with van der Waals surface area (Å²) in [6.45, 7) is 1.02. The van der Waals surface area contributed by atoms with Crippen LogP contribution in [0.2, 0.25) is 0 Å². The molecule has 0 amide bonds. The predicted molar refractivity (Wildman–Crippen MR) is 134 cm³/mol. The van der Waals surface area contributed by atoms with Crippen LogP contribution < -0.4 is 4.74 Å². The van der Waals surface area contributed by atoms with Gasteiger partial charge in [-0.15, -0.1) is 0 Å². The average molecular weight is 494 g/mol. The van der Waals surface area contributed by atoms with Gasteiger partial charge in [0.15, 0.2) is 17.9 Å². The Kier molecular flexibility index (Phi) is 8.67. The summed E-state index contributed by atoms with van der Waals surface area (Å²) in [5, 5.41) is 0.878. The molecule has 0 saturated heterocycles. The molecule has 4 rings (SSSR count). The quantitative estimate of drug-likeness (QED) is 0.263. The summed E-state index contributed by atoms with van der Waals surface area (Å²) in [6.07, 6.45) is 2.25. The summed E-state index contributed by atoms with van der Waals surface area (Å²) in [5.41, 5.74) is 3.50. The number of ether oxygens (including phenoxy) is 2. The van der Waals surface area contributed by atoms with Gasteiger partial charge in [0.05, 0.1) is 20.0 Å². The third kappa shape index (κ3) is 6.79. The van der Waals surface area contributed by atoms with Gasteiger partial charge >= 0.3 is 5.97 Å². The molecule has 1 atom stereocenters. The van der Waals surface area contributed by atoms with Gasteiger partial charge in [0, 0.05) is 18.5 Å². The summed E-state index contributed by atoms with van der Waals surface area (Å²) in [5.74, 6) is -0.00150. The second-order valence-corrected chi connectivity index (χ2v) is 9.01. The molecule has 0 saturated carbocycles. The topological polar surface area (TPSA) is 78.2 Å². The first-order valence-electron chi connectivity index (χ1n) is 11.2. The molecule has 0 N–H and O–H groups in total. The standard InChI is InChI=1S/C27H27NO6S/c1-31-26(29)20-32-25-14-8-13-24-23(19-33-27(24)25)15-16-28(17-21-9-4-2-5-10-21)35(30)34-18-22-11-6-3-7-12-22/h2-14,19H,15-18,20H2,1H3. The van der Waals surface area contributed by atoms with E-state index in [0.29, 0.717) is 30.8 Å². The summed E-state index contributed by atoms with van der Waals surface area (Å²) < 4.78 is 36.6. The van der Waals surface area contributed by atoms with E-state index >= 15 is 0 Å². The van der Waals surface area contributed by atoms with Gasteiger partial charge in [-0.2, -0.15) is 4.31 Å². The fourth-order valence-electron chi connectivity index (χ4n) is 3.59. The molecule has 0 aliphatic carbocycles. The van der Waals surface area contributed by atoms with Gasteiger partial charge in [0.25, 0.3) is 0 Å². The zero-order valence-corrected chi connectivity index (χ0v) is 20.2. The predicted octanol–water partition coefficient (Wildman–Crippen LogP) is 4.82. The molecular weight excluding hydrogens is 466 g/mol. The minimum absolute atomic E-state index is 0.200. The van der Waals surface area contributed by atoms with E-state index in [4.69, 9.17) is 13.3 Å². The SMILES string of the molecule is COC(=O)COc1cccc2c(CCN(Cc3ccccc3)S(=O)OCc3ccccc3)coc12. The van der Waals surface area contributed by atoms with E-state index in [9.17, 15) is 9.00 Å². The summed E-state index contributed by atoms with van der Waals surface area (Å²) >= 11 is -1.64. The van der Waals surface area contributed by atoms with E-state index < -0.39 is 17.2 Å². The second-order valence-electron chi connectivity index (χ2n) is 7.82. The van der Waals surface area contributed by atoms with Crippen LogP contribution in [0.15, 0.2) is 89.5 Å². The highest BCUT2D eigenvalue weighted by Gasteiger charge is 2.18. The minimum Gasteiger partial charge on any atom is -0.478 e. The van der Waals surface area contributed by atoms with E-state index in [0.717, 1.165) is 22.1 Å². The molecular formula is C27H27NO6S. The number of furan rings is 1. The molecule has 7 nitrogen and oxygen atoms in total. The van der Waals surface area contributed by atoms with Gasteiger partial charge in [-0.05, 0) is 29.2 Å². The monoisotopic (exact) mass is 493 g/mol. The Labute approximate surface area is 207 Å². The average Bonchev–Trinajstić information content (AvgIpc) is 3.33. The number of esters is 1. The normalized spacial score (nSPS) is 12.1. The van der Waals surface area contributed by atoms with Crippen LogP contribution in [0.1, 0.15) is 16.7 Å². The number of nitrogens with zero attached hydrogens (tertiary/aromatic N) is 1. The van der Waals surface area contributed by atoms with Crippen LogP contribution in [0.5, 0.6) is 5.75 Å². The Morgan fingerprint density at radius 2 is 1.66 bits per heavy atom. The molecule has 182 valence electrons. The first kappa shape index (κ1) is 24.7. The zero-order valence-electron chi connectivity index (χ0n) is 19.4. The highest BCUT2D eigenvalue weighted by molar-refractivity contribution is 7.77. The zero-order chi connectivity index (χ0) is 24.5. The summed E-state index contributed by atoms with van der Waals surface area (Å²) in [6, 6.07) is 25.1. The number of rotatable bonds is 12. The van der Waals surface area contributed by atoms with E-state index in [1.807, 2.05) is 72.8 Å².